The average Bonchev–Trinajstić information content (AvgIpc) is 2.39. The molecule has 1 fully saturated rings. The Morgan fingerprint density at radius 3 is 2.38 bits per heavy atom. The fourth-order valence-electron chi connectivity index (χ4n) is 2.52. The third-order valence-electron chi connectivity index (χ3n) is 3.73. The molecule has 0 bridgehead atoms. The summed E-state index contributed by atoms with van der Waals surface area (Å²) in [5.74, 6) is 1.57. The van der Waals surface area contributed by atoms with E-state index in [-0.39, 0.29) is 0 Å². The lowest BCUT2D eigenvalue weighted by Crippen LogP contribution is -2.30. The molecule has 1 aliphatic heterocycles. The van der Waals surface area contributed by atoms with Crippen LogP contribution in [0, 0.1) is 5.92 Å². The van der Waals surface area contributed by atoms with Gasteiger partial charge in [0.1, 0.15) is 0 Å². The van der Waals surface area contributed by atoms with Crippen LogP contribution in [0.4, 0.5) is 0 Å². The van der Waals surface area contributed by atoms with Crippen LogP contribution in [0.3, 0.4) is 0 Å². The number of thioether (sulfide) groups is 1. The summed E-state index contributed by atoms with van der Waals surface area (Å²) in [5, 5.41) is 3.44. The summed E-state index contributed by atoms with van der Waals surface area (Å²) in [5.41, 5.74) is 1.50. The molecule has 0 aliphatic carbocycles. The normalized spacial score (nSPS) is 19.6. The molecule has 0 saturated carbocycles. The standard InChI is InChI=1S/C14H21NS/c1-11(13-7-9-15-10-8-13)12-3-5-14(16-2)6-4-12/h3-6,11,13,15H,7-10H2,1-2H3. The zero-order valence-electron chi connectivity index (χ0n) is 10.2. The molecule has 1 aliphatic rings. The summed E-state index contributed by atoms with van der Waals surface area (Å²) in [4.78, 5) is 1.36. The molecule has 0 spiro atoms. The van der Waals surface area contributed by atoms with E-state index in [1.165, 1.54) is 36.4 Å². The summed E-state index contributed by atoms with van der Waals surface area (Å²) in [6.45, 7) is 4.76. The van der Waals surface area contributed by atoms with Gasteiger partial charge in [-0.15, -0.1) is 11.8 Å². The number of piperidine rings is 1. The van der Waals surface area contributed by atoms with E-state index in [1.807, 2.05) is 11.8 Å². The molecule has 1 unspecified atom stereocenters. The molecule has 16 heavy (non-hydrogen) atoms. The molecular formula is C14H21NS. The molecule has 0 aromatic heterocycles. The van der Waals surface area contributed by atoms with Crippen LogP contribution in [0.25, 0.3) is 0 Å². The van der Waals surface area contributed by atoms with E-state index in [0.717, 1.165) is 5.92 Å². The van der Waals surface area contributed by atoms with Gasteiger partial charge in [0.05, 0.1) is 0 Å². The minimum absolute atomic E-state index is 0.706. The number of hydrogen-bond acceptors (Lipinski definition) is 2. The first-order chi connectivity index (χ1) is 7.81. The van der Waals surface area contributed by atoms with Crippen molar-refractivity contribution in [2.75, 3.05) is 19.3 Å². The van der Waals surface area contributed by atoms with Crippen molar-refractivity contribution in [3.05, 3.63) is 29.8 Å². The second kappa shape index (κ2) is 5.74. The maximum atomic E-state index is 3.44. The quantitative estimate of drug-likeness (QED) is 0.805. The van der Waals surface area contributed by atoms with Gasteiger partial charge in [-0.2, -0.15) is 0 Å². The Hall–Kier alpha value is -0.470. The monoisotopic (exact) mass is 235 g/mol. The Bertz CT molecular complexity index is 314. The zero-order valence-corrected chi connectivity index (χ0v) is 11.0. The largest absolute Gasteiger partial charge is 0.317 e. The first-order valence-corrected chi connectivity index (χ1v) is 7.38. The third kappa shape index (κ3) is 2.80. The van der Waals surface area contributed by atoms with Gasteiger partial charge < -0.3 is 5.32 Å². The molecular weight excluding hydrogens is 214 g/mol. The van der Waals surface area contributed by atoms with Gasteiger partial charge in [0.2, 0.25) is 0 Å². The summed E-state index contributed by atoms with van der Waals surface area (Å²) >= 11 is 1.81. The topological polar surface area (TPSA) is 12.0 Å². The molecule has 1 N–H and O–H groups in total. The first kappa shape index (κ1) is 12.0. The Morgan fingerprint density at radius 2 is 1.81 bits per heavy atom. The molecule has 0 amide bonds. The predicted octanol–water partition coefficient (Wildman–Crippen LogP) is 3.51. The van der Waals surface area contributed by atoms with Gasteiger partial charge >= 0.3 is 0 Å². The summed E-state index contributed by atoms with van der Waals surface area (Å²) in [6, 6.07) is 9.10. The summed E-state index contributed by atoms with van der Waals surface area (Å²) in [6.07, 6.45) is 4.78. The zero-order chi connectivity index (χ0) is 11.4. The maximum Gasteiger partial charge on any atom is 0.00693 e. The van der Waals surface area contributed by atoms with E-state index in [4.69, 9.17) is 0 Å². The van der Waals surface area contributed by atoms with Crippen LogP contribution in [0.1, 0.15) is 31.2 Å². The second-order valence-corrected chi connectivity index (χ2v) is 5.53. The Morgan fingerprint density at radius 1 is 1.19 bits per heavy atom. The average molecular weight is 235 g/mol. The van der Waals surface area contributed by atoms with Crippen LogP contribution in [0.5, 0.6) is 0 Å². The van der Waals surface area contributed by atoms with E-state index < -0.39 is 0 Å². The van der Waals surface area contributed by atoms with Crippen LogP contribution in [0.15, 0.2) is 29.2 Å². The minimum Gasteiger partial charge on any atom is -0.317 e. The highest BCUT2D eigenvalue weighted by Crippen LogP contribution is 2.31. The number of nitrogens with one attached hydrogen (secondary N) is 1. The van der Waals surface area contributed by atoms with Gasteiger partial charge in [-0.1, -0.05) is 19.1 Å². The number of rotatable bonds is 3. The molecule has 1 heterocycles. The molecule has 1 aromatic rings. The molecule has 1 aromatic carbocycles. The minimum atomic E-state index is 0.706. The highest BCUT2D eigenvalue weighted by atomic mass is 32.2. The van der Waals surface area contributed by atoms with Gasteiger partial charge in [-0.3, -0.25) is 0 Å². The molecule has 2 heteroatoms. The van der Waals surface area contributed by atoms with Gasteiger partial charge in [-0.05, 0) is 61.7 Å². The molecule has 1 nitrogen and oxygen atoms in total. The van der Waals surface area contributed by atoms with Gasteiger partial charge in [-0.25, -0.2) is 0 Å². The van der Waals surface area contributed by atoms with E-state index >= 15 is 0 Å². The van der Waals surface area contributed by atoms with Crippen molar-refractivity contribution < 1.29 is 0 Å². The highest BCUT2D eigenvalue weighted by Gasteiger charge is 2.20. The van der Waals surface area contributed by atoms with Gasteiger partial charge in [0.15, 0.2) is 0 Å². The SMILES string of the molecule is CSc1ccc(C(C)C2CCNCC2)cc1. The second-order valence-electron chi connectivity index (χ2n) is 4.65. The van der Waals surface area contributed by atoms with Crippen LogP contribution in [-0.4, -0.2) is 19.3 Å². The predicted molar refractivity (Wildman–Crippen MR) is 72.2 cm³/mol. The van der Waals surface area contributed by atoms with Crippen molar-refractivity contribution in [1.82, 2.24) is 5.32 Å². The van der Waals surface area contributed by atoms with Crippen LogP contribution < -0.4 is 5.32 Å². The van der Waals surface area contributed by atoms with Gasteiger partial charge in [0, 0.05) is 4.90 Å². The molecule has 1 saturated heterocycles. The van der Waals surface area contributed by atoms with Crippen molar-refractivity contribution >= 4 is 11.8 Å². The van der Waals surface area contributed by atoms with Gasteiger partial charge in [0.25, 0.3) is 0 Å². The lowest BCUT2D eigenvalue weighted by Gasteiger charge is -2.28. The van der Waals surface area contributed by atoms with E-state index in [2.05, 4.69) is 42.8 Å². The highest BCUT2D eigenvalue weighted by molar-refractivity contribution is 7.98. The fraction of sp³-hybridized carbons (Fsp3) is 0.571. The van der Waals surface area contributed by atoms with Crippen LogP contribution in [-0.2, 0) is 0 Å². The molecule has 88 valence electrons. The Kier molecular flexibility index (Phi) is 4.30. The lowest BCUT2D eigenvalue weighted by atomic mass is 9.82. The molecule has 2 rings (SSSR count). The number of benzene rings is 1. The van der Waals surface area contributed by atoms with Crippen molar-refractivity contribution in [2.45, 2.75) is 30.6 Å². The Labute approximate surface area is 103 Å². The first-order valence-electron chi connectivity index (χ1n) is 6.16. The van der Waals surface area contributed by atoms with Crippen molar-refractivity contribution in [2.24, 2.45) is 5.92 Å². The molecule has 0 radical (unpaired) electrons. The lowest BCUT2D eigenvalue weighted by molar-refractivity contribution is 0.330. The van der Waals surface area contributed by atoms with E-state index in [0.29, 0.717) is 5.92 Å². The van der Waals surface area contributed by atoms with Crippen LogP contribution >= 0.6 is 11.8 Å². The van der Waals surface area contributed by atoms with Crippen molar-refractivity contribution in [3.8, 4) is 0 Å². The summed E-state index contributed by atoms with van der Waals surface area (Å²) in [7, 11) is 0. The maximum absolute atomic E-state index is 3.44. The smallest absolute Gasteiger partial charge is 0.00693 e. The molecule has 1 atom stereocenters. The summed E-state index contributed by atoms with van der Waals surface area (Å²) < 4.78 is 0. The van der Waals surface area contributed by atoms with Crippen molar-refractivity contribution in [3.63, 3.8) is 0 Å². The van der Waals surface area contributed by atoms with Crippen molar-refractivity contribution in [1.29, 1.82) is 0 Å². The van der Waals surface area contributed by atoms with Crippen LogP contribution in [0.2, 0.25) is 0 Å². The Balaban J connectivity index is 2.04. The van der Waals surface area contributed by atoms with E-state index in [9.17, 15) is 0 Å². The fourth-order valence-corrected chi connectivity index (χ4v) is 2.93. The number of hydrogen-bond donors (Lipinski definition) is 1. The van der Waals surface area contributed by atoms with E-state index in [1.54, 1.807) is 0 Å². The third-order valence-corrected chi connectivity index (χ3v) is 4.48.